The number of carbonyl (C=O) groups is 2. The van der Waals surface area contributed by atoms with Crippen LogP contribution in [0.1, 0.15) is 48.1 Å². The van der Waals surface area contributed by atoms with Gasteiger partial charge in [-0.3, -0.25) is 9.59 Å². The summed E-state index contributed by atoms with van der Waals surface area (Å²) in [5.74, 6) is -5.29. The second-order valence-corrected chi connectivity index (χ2v) is 8.69. The lowest BCUT2D eigenvalue weighted by Crippen LogP contribution is -2.50. The number of phenolic OH excluding ortho intramolecular Hbond substituents is 1. The predicted molar refractivity (Wildman–Crippen MR) is 118 cm³/mol. The molecule has 0 unspecified atom stereocenters. The van der Waals surface area contributed by atoms with E-state index in [0.29, 0.717) is 23.5 Å². The summed E-state index contributed by atoms with van der Waals surface area (Å²) in [5.41, 5.74) is 2.52. The maximum atomic E-state index is 13.4. The highest BCUT2D eigenvalue weighted by Crippen LogP contribution is 2.38. The molecule has 1 N–H and O–H groups in total. The Kier molecular flexibility index (Phi) is 5.61. The molecular formula is C25H26N2O6. The molecule has 1 aliphatic heterocycles. The number of carbonyl (C=O) groups excluding carboxylic acids is 2. The second-order valence-electron chi connectivity index (χ2n) is 8.69. The molecule has 0 radical (unpaired) electrons. The molecule has 172 valence electrons. The zero-order valence-corrected chi connectivity index (χ0v) is 18.9. The number of imidazole rings is 1. The summed E-state index contributed by atoms with van der Waals surface area (Å²) in [4.78, 5) is 26.1. The van der Waals surface area contributed by atoms with E-state index in [-0.39, 0.29) is 11.6 Å². The summed E-state index contributed by atoms with van der Waals surface area (Å²) < 4.78 is 13.3. The Hall–Kier alpha value is -3.81. The molecule has 1 aliphatic rings. The lowest BCUT2D eigenvalue weighted by molar-refractivity contribution is -0.621. The van der Waals surface area contributed by atoms with Gasteiger partial charge in [-0.1, -0.05) is 42.5 Å². The topological polar surface area (TPSA) is 105 Å². The van der Waals surface area contributed by atoms with Crippen LogP contribution >= 0.6 is 0 Å². The van der Waals surface area contributed by atoms with Crippen molar-refractivity contribution in [1.82, 2.24) is 4.57 Å². The average molecular weight is 450 g/mol. The largest absolute Gasteiger partial charge is 0.711 e. The van der Waals surface area contributed by atoms with E-state index in [1.54, 1.807) is 23.6 Å². The molecule has 2 aromatic carbocycles. The first-order valence-electron chi connectivity index (χ1n) is 10.7. The molecule has 33 heavy (non-hydrogen) atoms. The lowest BCUT2D eigenvalue weighted by Gasteiger charge is -2.35. The molecule has 1 atom stereocenters. The normalized spacial score (nSPS) is 16.8. The van der Waals surface area contributed by atoms with Gasteiger partial charge < -0.3 is 19.8 Å². The molecule has 3 aromatic rings. The third-order valence-corrected chi connectivity index (χ3v) is 5.94. The number of aromatic nitrogens is 2. The van der Waals surface area contributed by atoms with E-state index in [1.807, 2.05) is 37.3 Å². The zero-order valence-electron chi connectivity index (χ0n) is 18.9. The van der Waals surface area contributed by atoms with Gasteiger partial charge in [-0.05, 0) is 23.3 Å². The number of rotatable bonds is 5. The Morgan fingerprint density at radius 2 is 1.70 bits per heavy atom. The molecule has 8 nitrogen and oxygen atoms in total. The Balaban J connectivity index is 1.93. The molecule has 0 saturated carbocycles. The number of hydrogen-bond acceptors (Lipinski definition) is 6. The fourth-order valence-corrected chi connectivity index (χ4v) is 4.26. The molecule has 0 amide bonds. The van der Waals surface area contributed by atoms with Crippen LogP contribution in [0.3, 0.4) is 0 Å². The first-order valence-corrected chi connectivity index (χ1v) is 10.7. The number of aromatic hydroxyl groups is 1. The van der Waals surface area contributed by atoms with Crippen LogP contribution in [-0.2, 0) is 25.6 Å². The molecule has 1 fully saturated rings. The summed E-state index contributed by atoms with van der Waals surface area (Å²) in [6.45, 7) is 6.81. The maximum absolute atomic E-state index is 13.4. The van der Waals surface area contributed by atoms with E-state index in [0.717, 1.165) is 10.3 Å². The van der Waals surface area contributed by atoms with Gasteiger partial charge in [-0.15, -0.1) is 0 Å². The number of ether oxygens (including phenoxy) is 2. The molecule has 8 heteroatoms. The van der Waals surface area contributed by atoms with Gasteiger partial charge in [0.1, 0.15) is 29.6 Å². The van der Waals surface area contributed by atoms with Crippen molar-refractivity contribution < 1.29 is 28.9 Å². The van der Waals surface area contributed by atoms with Crippen molar-refractivity contribution in [2.75, 3.05) is 0 Å². The van der Waals surface area contributed by atoms with Gasteiger partial charge in [0.2, 0.25) is 0 Å². The molecular weight excluding hydrogens is 424 g/mol. The van der Waals surface area contributed by atoms with E-state index in [9.17, 15) is 19.9 Å². The van der Waals surface area contributed by atoms with Crippen LogP contribution in [0.25, 0.3) is 0 Å². The third kappa shape index (κ3) is 4.16. The highest BCUT2D eigenvalue weighted by atomic mass is 16.7. The summed E-state index contributed by atoms with van der Waals surface area (Å²) in [6, 6.07) is 15.7. The first kappa shape index (κ1) is 22.4. The van der Waals surface area contributed by atoms with Crippen LogP contribution < -0.4 is 4.73 Å². The van der Waals surface area contributed by atoms with Crippen LogP contribution in [0, 0.1) is 25.0 Å². The zero-order chi connectivity index (χ0) is 23.9. The van der Waals surface area contributed by atoms with Crippen molar-refractivity contribution in [3.63, 3.8) is 0 Å². The number of cyclic esters (lactones) is 2. The highest BCUT2D eigenvalue weighted by Gasteiger charge is 2.52. The Labute approximate surface area is 191 Å². The van der Waals surface area contributed by atoms with Crippen molar-refractivity contribution in [3.8, 4) is 5.75 Å². The molecule has 4 rings (SSSR count). The van der Waals surface area contributed by atoms with Crippen LogP contribution in [0.15, 0.2) is 54.6 Å². The smallest absolute Gasteiger partial charge is 0.324 e. The number of hydrogen-bond donors (Lipinski definition) is 1. The molecule has 0 bridgehead atoms. The minimum Gasteiger partial charge on any atom is -0.711 e. The van der Waals surface area contributed by atoms with E-state index < -0.39 is 29.6 Å². The summed E-state index contributed by atoms with van der Waals surface area (Å²) >= 11 is 0. The average Bonchev–Trinajstić information content (AvgIpc) is 2.94. The van der Waals surface area contributed by atoms with Gasteiger partial charge in [0.15, 0.2) is 5.92 Å². The van der Waals surface area contributed by atoms with Gasteiger partial charge in [-0.25, -0.2) is 9.30 Å². The molecule has 1 aromatic heterocycles. The van der Waals surface area contributed by atoms with E-state index in [4.69, 9.17) is 9.47 Å². The van der Waals surface area contributed by atoms with E-state index in [1.165, 1.54) is 26.0 Å². The number of benzene rings is 2. The van der Waals surface area contributed by atoms with Gasteiger partial charge in [0.25, 0.3) is 11.6 Å². The van der Waals surface area contributed by atoms with E-state index in [2.05, 4.69) is 0 Å². The van der Waals surface area contributed by atoms with Crippen molar-refractivity contribution in [2.24, 2.45) is 5.92 Å². The molecule has 0 aliphatic carbocycles. The highest BCUT2D eigenvalue weighted by molar-refractivity contribution is 5.98. The predicted octanol–water partition coefficient (Wildman–Crippen LogP) is 3.08. The van der Waals surface area contributed by atoms with Crippen LogP contribution in [0.4, 0.5) is 0 Å². The minimum absolute atomic E-state index is 0.0533. The second kappa shape index (κ2) is 8.27. The fourth-order valence-electron chi connectivity index (χ4n) is 4.26. The summed E-state index contributed by atoms with van der Waals surface area (Å²) in [5, 5.41) is 23.5. The van der Waals surface area contributed by atoms with Crippen LogP contribution in [0.5, 0.6) is 5.75 Å². The van der Waals surface area contributed by atoms with E-state index >= 15 is 0 Å². The third-order valence-electron chi connectivity index (χ3n) is 5.94. The Morgan fingerprint density at radius 3 is 2.30 bits per heavy atom. The number of phenols is 1. The van der Waals surface area contributed by atoms with Gasteiger partial charge >= 0.3 is 11.9 Å². The Morgan fingerprint density at radius 1 is 1.06 bits per heavy atom. The lowest BCUT2D eigenvalue weighted by atomic mass is 9.84. The van der Waals surface area contributed by atoms with Crippen molar-refractivity contribution >= 4 is 11.9 Å². The number of esters is 2. The van der Waals surface area contributed by atoms with Gasteiger partial charge in [-0.2, -0.15) is 0 Å². The van der Waals surface area contributed by atoms with Crippen molar-refractivity contribution in [1.29, 1.82) is 0 Å². The molecule has 0 spiro atoms. The maximum Gasteiger partial charge on any atom is 0.324 e. The van der Waals surface area contributed by atoms with Crippen LogP contribution in [-0.4, -0.2) is 27.4 Å². The van der Waals surface area contributed by atoms with Crippen molar-refractivity contribution in [3.05, 3.63) is 88.1 Å². The monoisotopic (exact) mass is 450 g/mol. The number of nitrogens with zero attached hydrogens (tertiary/aromatic N) is 2. The van der Waals surface area contributed by atoms with Crippen molar-refractivity contribution in [2.45, 2.75) is 45.9 Å². The van der Waals surface area contributed by atoms with Gasteiger partial charge in [0.05, 0.1) is 0 Å². The summed E-state index contributed by atoms with van der Waals surface area (Å²) in [6.07, 6.45) is 0. The minimum atomic E-state index is -1.41. The fraction of sp³-hybridized carbons (Fsp3) is 0.320. The van der Waals surface area contributed by atoms with Crippen LogP contribution in [0.2, 0.25) is 0 Å². The quantitative estimate of drug-likeness (QED) is 0.277. The molecule has 1 saturated heterocycles. The molecule has 2 heterocycles. The first-order chi connectivity index (χ1) is 15.6. The SMILES string of the molecule is Cc1c(C)[n+]([O-])c([C@H](c2cccc(O)c2)C2C(=O)OC(C)(C)OC2=O)n1Cc1ccccc1. The summed E-state index contributed by atoms with van der Waals surface area (Å²) in [7, 11) is 0. The Bertz CT molecular complexity index is 1200. The standard InChI is InChI=1S/C25H26N2O6/c1-15-16(2)27(31)22(26(15)14-17-9-6-5-7-10-17)20(18-11-8-12-19(28)13-18)21-23(29)32-25(3,4)33-24(21)30/h5-13,20-21,28H,14H2,1-4H3/t20-/m1/s1. The van der Waals surface area contributed by atoms with Gasteiger partial charge in [0, 0.05) is 27.7 Å².